The number of halogens is 1. The van der Waals surface area contributed by atoms with Gasteiger partial charge in [0.05, 0.1) is 10.6 Å². The van der Waals surface area contributed by atoms with Crippen LogP contribution in [-0.4, -0.2) is 39.7 Å². The van der Waals surface area contributed by atoms with Crippen molar-refractivity contribution in [1.29, 1.82) is 0 Å². The van der Waals surface area contributed by atoms with E-state index >= 15 is 0 Å². The number of fused-ring (bicyclic) bond motifs is 3. The zero-order chi connectivity index (χ0) is 18.3. The fourth-order valence-electron chi connectivity index (χ4n) is 3.92. The predicted molar refractivity (Wildman–Crippen MR) is 108 cm³/mol. The van der Waals surface area contributed by atoms with Gasteiger partial charge >= 0.3 is 0 Å². The third-order valence-corrected chi connectivity index (χ3v) is 7.20. The summed E-state index contributed by atoms with van der Waals surface area (Å²) < 4.78 is 24.3. The first-order valence-corrected chi connectivity index (χ1v) is 10.6. The summed E-state index contributed by atoms with van der Waals surface area (Å²) in [5, 5.41) is 6.43. The number of amides is 1. The number of rotatable bonds is 3. The zero-order valence-electron chi connectivity index (χ0n) is 15.1. The molecule has 2 aromatic rings. The Morgan fingerprint density at radius 3 is 2.59 bits per heavy atom. The van der Waals surface area contributed by atoms with Crippen LogP contribution >= 0.6 is 12.4 Å². The summed E-state index contributed by atoms with van der Waals surface area (Å²) in [5.41, 5.74) is 3.44. The van der Waals surface area contributed by atoms with E-state index in [0.717, 1.165) is 29.8 Å². The molecule has 2 N–H and O–H groups in total. The molecule has 144 valence electrons. The van der Waals surface area contributed by atoms with Gasteiger partial charge in [0, 0.05) is 31.1 Å². The number of benzene rings is 2. The van der Waals surface area contributed by atoms with Crippen LogP contribution in [0.15, 0.2) is 47.4 Å². The summed E-state index contributed by atoms with van der Waals surface area (Å²) in [6.45, 7) is 4.13. The predicted octanol–water partition coefficient (Wildman–Crippen LogP) is 2.62. The Kier molecular flexibility index (Phi) is 5.60. The van der Waals surface area contributed by atoms with Crippen LogP contribution in [0.2, 0.25) is 0 Å². The molecule has 0 saturated carbocycles. The van der Waals surface area contributed by atoms with Crippen molar-refractivity contribution in [3.05, 3.63) is 53.6 Å². The molecule has 0 radical (unpaired) electrons. The van der Waals surface area contributed by atoms with E-state index in [0.29, 0.717) is 28.8 Å². The second kappa shape index (κ2) is 7.62. The van der Waals surface area contributed by atoms with Crippen molar-refractivity contribution in [2.24, 2.45) is 5.92 Å². The van der Waals surface area contributed by atoms with Gasteiger partial charge in [-0.15, -0.1) is 12.4 Å². The van der Waals surface area contributed by atoms with E-state index in [9.17, 15) is 13.2 Å². The molecule has 0 aromatic heterocycles. The highest BCUT2D eigenvalue weighted by Crippen LogP contribution is 2.35. The number of carbonyl (C=O) groups excluding carboxylic acids is 1. The van der Waals surface area contributed by atoms with Crippen LogP contribution in [0, 0.1) is 5.92 Å². The standard InChI is InChI=1S/C20H22N2O3S.ClH/c1-2-26(24,25)16-5-3-4-13(8-16)14-6-7-17-18(9-14)20(23)22-11-15-10-21-12-19(15)17;/h3-9,15,19,21H,2,10-12H2,1H3,(H,22,23);1H/t15-,19+;/m1./s1. The Balaban J connectivity index is 0.00000210. The maximum Gasteiger partial charge on any atom is 0.251 e. The minimum absolute atomic E-state index is 0. The van der Waals surface area contributed by atoms with Crippen LogP contribution < -0.4 is 10.6 Å². The molecule has 1 saturated heterocycles. The van der Waals surface area contributed by atoms with Gasteiger partial charge in [0.25, 0.3) is 5.91 Å². The molecule has 4 rings (SSSR count). The second-order valence-electron chi connectivity index (χ2n) is 6.97. The SMILES string of the molecule is CCS(=O)(=O)c1cccc(-c2ccc3c(c2)C(=O)NC[C@H]2CNC[C@H]32)c1.Cl. The lowest BCUT2D eigenvalue weighted by Gasteiger charge is -2.17. The second-order valence-corrected chi connectivity index (χ2v) is 9.25. The lowest BCUT2D eigenvalue weighted by molar-refractivity contribution is 0.0952. The highest BCUT2D eigenvalue weighted by atomic mass is 35.5. The Morgan fingerprint density at radius 1 is 1.04 bits per heavy atom. The van der Waals surface area contributed by atoms with Crippen molar-refractivity contribution < 1.29 is 13.2 Å². The summed E-state index contributed by atoms with van der Waals surface area (Å²) in [5.74, 6) is 0.779. The van der Waals surface area contributed by atoms with Crippen molar-refractivity contribution in [3.8, 4) is 11.1 Å². The molecular formula is C20H23ClN2O3S. The summed E-state index contributed by atoms with van der Waals surface area (Å²) in [4.78, 5) is 12.9. The normalized spacial score (nSPS) is 21.4. The van der Waals surface area contributed by atoms with Gasteiger partial charge in [0.2, 0.25) is 0 Å². The number of hydrogen-bond donors (Lipinski definition) is 2. The van der Waals surface area contributed by atoms with Gasteiger partial charge < -0.3 is 10.6 Å². The molecule has 0 bridgehead atoms. The highest BCUT2D eigenvalue weighted by Gasteiger charge is 2.34. The summed E-state index contributed by atoms with van der Waals surface area (Å²) >= 11 is 0. The minimum Gasteiger partial charge on any atom is -0.352 e. The van der Waals surface area contributed by atoms with Gasteiger partial charge in [-0.25, -0.2) is 8.42 Å². The van der Waals surface area contributed by atoms with Gasteiger partial charge in [0.15, 0.2) is 9.84 Å². The van der Waals surface area contributed by atoms with E-state index in [4.69, 9.17) is 0 Å². The molecule has 2 aromatic carbocycles. The Bertz CT molecular complexity index is 975. The van der Waals surface area contributed by atoms with E-state index in [1.807, 2.05) is 24.3 Å². The van der Waals surface area contributed by atoms with Crippen LogP contribution in [0.4, 0.5) is 0 Å². The average Bonchev–Trinajstić information content (AvgIpc) is 3.09. The number of nitrogens with one attached hydrogen (secondary N) is 2. The van der Waals surface area contributed by atoms with Crippen LogP contribution in [0.25, 0.3) is 11.1 Å². The zero-order valence-corrected chi connectivity index (χ0v) is 16.7. The molecule has 5 nitrogen and oxygen atoms in total. The number of carbonyl (C=O) groups is 1. The Hall–Kier alpha value is -1.89. The van der Waals surface area contributed by atoms with Gasteiger partial charge in [-0.1, -0.05) is 31.2 Å². The third kappa shape index (κ3) is 3.61. The minimum atomic E-state index is -3.26. The first-order valence-electron chi connectivity index (χ1n) is 8.95. The molecule has 2 heterocycles. The largest absolute Gasteiger partial charge is 0.352 e. The lowest BCUT2D eigenvalue weighted by Crippen LogP contribution is -2.28. The number of hydrogen-bond acceptors (Lipinski definition) is 4. The topological polar surface area (TPSA) is 75.3 Å². The summed E-state index contributed by atoms with van der Waals surface area (Å²) in [6, 6.07) is 12.8. The van der Waals surface area contributed by atoms with Gasteiger partial charge in [0.1, 0.15) is 0 Å². The van der Waals surface area contributed by atoms with Crippen LogP contribution in [0.3, 0.4) is 0 Å². The van der Waals surface area contributed by atoms with Crippen LogP contribution in [-0.2, 0) is 9.84 Å². The molecule has 7 heteroatoms. The third-order valence-electron chi connectivity index (χ3n) is 5.47. The molecule has 0 aliphatic carbocycles. The highest BCUT2D eigenvalue weighted by molar-refractivity contribution is 7.91. The van der Waals surface area contributed by atoms with Gasteiger partial charge in [-0.2, -0.15) is 0 Å². The maximum atomic E-state index is 12.6. The quantitative estimate of drug-likeness (QED) is 0.821. The van der Waals surface area contributed by atoms with Crippen LogP contribution in [0.1, 0.15) is 28.8 Å². The van der Waals surface area contributed by atoms with Gasteiger partial charge in [-0.3, -0.25) is 4.79 Å². The molecule has 27 heavy (non-hydrogen) atoms. The molecule has 2 atom stereocenters. The molecule has 0 spiro atoms. The van der Waals surface area contributed by atoms with E-state index in [1.54, 1.807) is 25.1 Å². The van der Waals surface area contributed by atoms with Crippen molar-refractivity contribution >= 4 is 28.2 Å². The first-order chi connectivity index (χ1) is 12.5. The van der Waals surface area contributed by atoms with E-state index in [1.165, 1.54) is 0 Å². The molecule has 1 fully saturated rings. The van der Waals surface area contributed by atoms with Crippen LogP contribution in [0.5, 0.6) is 0 Å². The maximum absolute atomic E-state index is 12.6. The van der Waals surface area contributed by atoms with Crippen molar-refractivity contribution in [2.45, 2.75) is 17.7 Å². The van der Waals surface area contributed by atoms with Crippen molar-refractivity contribution in [3.63, 3.8) is 0 Å². The molecule has 2 aliphatic rings. The van der Waals surface area contributed by atoms with E-state index in [-0.39, 0.29) is 24.1 Å². The fraction of sp³-hybridized carbons (Fsp3) is 0.350. The summed E-state index contributed by atoms with van der Waals surface area (Å²) in [7, 11) is -3.26. The molecule has 0 unspecified atom stereocenters. The van der Waals surface area contributed by atoms with Gasteiger partial charge in [-0.05, 0) is 40.8 Å². The fourth-order valence-corrected chi connectivity index (χ4v) is 4.85. The monoisotopic (exact) mass is 406 g/mol. The average molecular weight is 407 g/mol. The Morgan fingerprint density at radius 2 is 1.81 bits per heavy atom. The molecule has 2 aliphatic heterocycles. The van der Waals surface area contributed by atoms with Crippen molar-refractivity contribution in [2.75, 3.05) is 25.4 Å². The molecular weight excluding hydrogens is 384 g/mol. The summed E-state index contributed by atoms with van der Waals surface area (Å²) in [6.07, 6.45) is 0. The number of sulfone groups is 1. The van der Waals surface area contributed by atoms with Crippen molar-refractivity contribution in [1.82, 2.24) is 10.6 Å². The first kappa shape index (κ1) is 19.9. The van der Waals surface area contributed by atoms with E-state index in [2.05, 4.69) is 10.6 Å². The smallest absolute Gasteiger partial charge is 0.251 e. The lowest BCUT2D eigenvalue weighted by atomic mass is 9.86. The van der Waals surface area contributed by atoms with E-state index < -0.39 is 9.84 Å². The Labute approximate surface area is 165 Å². The molecule has 1 amide bonds.